The van der Waals surface area contributed by atoms with Gasteiger partial charge in [-0.05, 0) is 62.7 Å². The van der Waals surface area contributed by atoms with E-state index in [0.717, 1.165) is 17.0 Å². The molecule has 1 amide bonds. The summed E-state index contributed by atoms with van der Waals surface area (Å²) in [5, 5.41) is 0.711. The third-order valence-electron chi connectivity index (χ3n) is 4.09. The second kappa shape index (κ2) is 10.0. The van der Waals surface area contributed by atoms with E-state index in [9.17, 15) is 4.79 Å². The van der Waals surface area contributed by atoms with Gasteiger partial charge >= 0.3 is 0 Å². The minimum absolute atomic E-state index is 0.375. The predicted octanol–water partition coefficient (Wildman–Crippen LogP) is 4.77. The zero-order valence-corrected chi connectivity index (χ0v) is 16.8. The van der Waals surface area contributed by atoms with Crippen molar-refractivity contribution in [3.05, 3.63) is 76.7 Å². The molecule has 0 fully saturated rings. The zero-order valence-electron chi connectivity index (χ0n) is 16.0. The van der Waals surface area contributed by atoms with Gasteiger partial charge in [0, 0.05) is 23.8 Å². The Bertz CT molecular complexity index is 766. The monoisotopic (exact) mass is 385 g/mol. The van der Waals surface area contributed by atoms with Crippen LogP contribution in [0.5, 0.6) is 5.75 Å². The van der Waals surface area contributed by atoms with E-state index in [2.05, 4.69) is 24.8 Å². The summed E-state index contributed by atoms with van der Waals surface area (Å²) in [5.74, 6) is 1.03. The van der Waals surface area contributed by atoms with Gasteiger partial charge < -0.3 is 15.4 Å². The SMILES string of the molecule is C[C](CN(CC=C(C)C)c1ccc(OCc2ccc(Cl)cc2)cc1)C(N)=O. The molecule has 2 aromatic rings. The van der Waals surface area contributed by atoms with Gasteiger partial charge in [0.2, 0.25) is 5.91 Å². The van der Waals surface area contributed by atoms with Crippen molar-refractivity contribution in [2.45, 2.75) is 27.4 Å². The van der Waals surface area contributed by atoms with Gasteiger partial charge in [0.1, 0.15) is 12.4 Å². The summed E-state index contributed by atoms with van der Waals surface area (Å²) < 4.78 is 5.83. The highest BCUT2D eigenvalue weighted by Crippen LogP contribution is 2.22. The van der Waals surface area contributed by atoms with Crippen LogP contribution >= 0.6 is 11.6 Å². The molecule has 2 rings (SSSR count). The normalized spacial score (nSPS) is 10.6. The van der Waals surface area contributed by atoms with Crippen LogP contribution in [0.4, 0.5) is 5.69 Å². The smallest absolute Gasteiger partial charge is 0.226 e. The number of ether oxygens (including phenoxy) is 1. The molecule has 2 aromatic carbocycles. The van der Waals surface area contributed by atoms with Crippen molar-refractivity contribution in [1.82, 2.24) is 0 Å². The predicted molar refractivity (Wildman–Crippen MR) is 112 cm³/mol. The van der Waals surface area contributed by atoms with E-state index in [1.807, 2.05) is 48.5 Å². The van der Waals surface area contributed by atoms with Gasteiger partial charge in [-0.1, -0.05) is 35.4 Å². The highest BCUT2D eigenvalue weighted by Gasteiger charge is 2.15. The highest BCUT2D eigenvalue weighted by molar-refractivity contribution is 6.30. The largest absolute Gasteiger partial charge is 0.489 e. The Labute approximate surface area is 166 Å². The van der Waals surface area contributed by atoms with E-state index >= 15 is 0 Å². The van der Waals surface area contributed by atoms with E-state index in [-0.39, 0.29) is 5.91 Å². The van der Waals surface area contributed by atoms with Gasteiger partial charge in [-0.15, -0.1) is 0 Å². The van der Waals surface area contributed by atoms with Gasteiger partial charge in [0.05, 0.1) is 5.92 Å². The molecule has 0 saturated carbocycles. The Morgan fingerprint density at radius 1 is 1.07 bits per heavy atom. The number of nitrogens with zero attached hydrogens (tertiary/aromatic N) is 1. The summed E-state index contributed by atoms with van der Waals surface area (Å²) in [5.41, 5.74) is 8.68. The summed E-state index contributed by atoms with van der Waals surface area (Å²) >= 11 is 5.90. The molecule has 0 heterocycles. The molecule has 143 valence electrons. The van der Waals surface area contributed by atoms with Crippen LogP contribution in [0.15, 0.2) is 60.2 Å². The van der Waals surface area contributed by atoms with Crippen LogP contribution in [0.25, 0.3) is 0 Å². The van der Waals surface area contributed by atoms with Crippen molar-refractivity contribution in [1.29, 1.82) is 0 Å². The van der Waals surface area contributed by atoms with E-state index < -0.39 is 0 Å². The topological polar surface area (TPSA) is 55.6 Å². The Morgan fingerprint density at radius 3 is 2.26 bits per heavy atom. The van der Waals surface area contributed by atoms with Crippen LogP contribution in [-0.2, 0) is 11.4 Å². The lowest BCUT2D eigenvalue weighted by Gasteiger charge is -2.26. The lowest BCUT2D eigenvalue weighted by molar-refractivity contribution is -0.116. The molecule has 0 bridgehead atoms. The molecule has 0 spiro atoms. The number of rotatable bonds is 9. The molecule has 0 aromatic heterocycles. The average molecular weight is 386 g/mol. The lowest BCUT2D eigenvalue weighted by atomic mass is 10.1. The molecule has 4 nitrogen and oxygen atoms in total. The quantitative estimate of drug-likeness (QED) is 0.632. The van der Waals surface area contributed by atoms with Crippen LogP contribution in [0.3, 0.4) is 0 Å². The fourth-order valence-corrected chi connectivity index (χ4v) is 2.54. The van der Waals surface area contributed by atoms with Gasteiger partial charge in [-0.3, -0.25) is 4.79 Å². The Hall–Kier alpha value is -2.46. The lowest BCUT2D eigenvalue weighted by Crippen LogP contribution is -2.33. The number of nitrogens with two attached hydrogens (primary N) is 1. The van der Waals surface area contributed by atoms with Crippen molar-refractivity contribution in [3.8, 4) is 5.75 Å². The minimum Gasteiger partial charge on any atom is -0.489 e. The molecule has 1 radical (unpaired) electrons. The fourth-order valence-electron chi connectivity index (χ4n) is 2.42. The number of carbonyl (C=O) groups is 1. The van der Waals surface area contributed by atoms with E-state index in [1.165, 1.54) is 5.57 Å². The van der Waals surface area contributed by atoms with Crippen LogP contribution in [0.1, 0.15) is 26.3 Å². The minimum atomic E-state index is -0.375. The summed E-state index contributed by atoms with van der Waals surface area (Å²) in [6.45, 7) is 7.54. The maximum Gasteiger partial charge on any atom is 0.226 e. The van der Waals surface area contributed by atoms with Gasteiger partial charge in [0.15, 0.2) is 0 Å². The molecular formula is C22H26ClN2O2. The average Bonchev–Trinajstić information content (AvgIpc) is 2.64. The number of benzene rings is 2. The number of amides is 1. The number of carbonyl (C=O) groups excluding carboxylic acids is 1. The standard InChI is InChI=1S/C22H26ClN2O2/c1-16(2)12-13-25(14-17(3)22(24)26)20-8-10-21(11-9-20)27-15-18-4-6-19(23)7-5-18/h4-12H,13-15H2,1-3H3,(H2,24,26). The van der Waals surface area contributed by atoms with E-state index in [1.54, 1.807) is 6.92 Å². The van der Waals surface area contributed by atoms with Gasteiger partial charge in [-0.2, -0.15) is 0 Å². The van der Waals surface area contributed by atoms with Crippen molar-refractivity contribution >= 4 is 23.2 Å². The molecular weight excluding hydrogens is 360 g/mol. The van der Waals surface area contributed by atoms with Gasteiger partial charge in [-0.25, -0.2) is 0 Å². The first-order valence-corrected chi connectivity index (χ1v) is 9.21. The first-order valence-electron chi connectivity index (χ1n) is 8.83. The first kappa shape index (κ1) is 20.8. The Kier molecular flexibility index (Phi) is 7.74. The second-order valence-corrected chi connectivity index (χ2v) is 7.15. The third-order valence-corrected chi connectivity index (χ3v) is 4.34. The molecule has 0 aliphatic rings. The van der Waals surface area contributed by atoms with Crippen LogP contribution in [-0.4, -0.2) is 19.0 Å². The van der Waals surface area contributed by atoms with Crippen molar-refractivity contribution in [2.75, 3.05) is 18.0 Å². The molecule has 0 atom stereocenters. The number of halogens is 1. The zero-order chi connectivity index (χ0) is 19.8. The van der Waals surface area contributed by atoms with Crippen molar-refractivity contribution < 1.29 is 9.53 Å². The van der Waals surface area contributed by atoms with Crippen LogP contribution < -0.4 is 15.4 Å². The first-order chi connectivity index (χ1) is 12.8. The summed E-state index contributed by atoms with van der Waals surface area (Å²) in [6.07, 6.45) is 2.12. The molecule has 5 heteroatoms. The Balaban J connectivity index is 2.04. The molecule has 27 heavy (non-hydrogen) atoms. The van der Waals surface area contributed by atoms with E-state index in [0.29, 0.717) is 30.6 Å². The summed E-state index contributed by atoms with van der Waals surface area (Å²) in [7, 11) is 0. The molecule has 0 saturated heterocycles. The van der Waals surface area contributed by atoms with Gasteiger partial charge in [0.25, 0.3) is 0 Å². The maximum atomic E-state index is 11.4. The van der Waals surface area contributed by atoms with Crippen molar-refractivity contribution in [2.24, 2.45) is 5.73 Å². The molecule has 0 aliphatic heterocycles. The molecule has 0 aliphatic carbocycles. The number of hydrogen-bond acceptors (Lipinski definition) is 3. The molecule has 0 unspecified atom stereocenters. The van der Waals surface area contributed by atoms with Crippen LogP contribution in [0.2, 0.25) is 5.02 Å². The number of anilines is 1. The van der Waals surface area contributed by atoms with Crippen LogP contribution in [0, 0.1) is 5.92 Å². The summed E-state index contributed by atoms with van der Waals surface area (Å²) in [4.78, 5) is 13.5. The molecule has 2 N–H and O–H groups in total. The highest BCUT2D eigenvalue weighted by atomic mass is 35.5. The maximum absolute atomic E-state index is 11.4. The fraction of sp³-hybridized carbons (Fsp3) is 0.273. The number of allylic oxidation sites excluding steroid dienone is 1. The third kappa shape index (κ3) is 6.99. The van der Waals surface area contributed by atoms with Crippen molar-refractivity contribution in [3.63, 3.8) is 0 Å². The second-order valence-electron chi connectivity index (χ2n) is 6.72. The number of hydrogen-bond donors (Lipinski definition) is 1. The Morgan fingerprint density at radius 2 is 1.70 bits per heavy atom. The summed E-state index contributed by atoms with van der Waals surface area (Å²) in [6, 6.07) is 15.4. The number of primary amides is 1. The van der Waals surface area contributed by atoms with E-state index in [4.69, 9.17) is 22.1 Å².